The minimum atomic E-state index is -0.0907. The highest BCUT2D eigenvalue weighted by molar-refractivity contribution is 7.26. The maximum Gasteiger partial charge on any atom is 0.216 e. The van der Waals surface area contributed by atoms with Crippen LogP contribution in [-0.2, 0) is 22.2 Å². The highest BCUT2D eigenvalue weighted by Crippen LogP contribution is 2.46. The first kappa shape index (κ1) is 82.1. The molecular weight excluding hydrogens is 1710 g/mol. The van der Waals surface area contributed by atoms with Gasteiger partial charge in [-0.25, -0.2) is 19.9 Å². The van der Waals surface area contributed by atoms with Crippen LogP contribution in [0.4, 0.5) is 0 Å². The molecule has 15 nitrogen and oxygen atoms in total. The lowest BCUT2D eigenvalue weighted by Gasteiger charge is -2.22. The third kappa shape index (κ3) is 12.8. The van der Waals surface area contributed by atoms with Gasteiger partial charge in [0.25, 0.3) is 0 Å². The summed E-state index contributed by atoms with van der Waals surface area (Å²) in [5, 5.41) is 9.76. The van der Waals surface area contributed by atoms with Crippen molar-refractivity contribution in [3.63, 3.8) is 0 Å². The summed E-state index contributed by atoms with van der Waals surface area (Å²) in [7, 11) is 0. The van der Waals surface area contributed by atoms with Crippen LogP contribution in [0.15, 0.2) is 379 Å². The molecule has 0 amide bonds. The Balaban J connectivity index is 0.0000000953. The van der Waals surface area contributed by atoms with Gasteiger partial charge in [-0.15, -0.1) is 11.3 Å². The molecule has 0 atom stereocenters. The van der Waals surface area contributed by atoms with Crippen molar-refractivity contribution in [2.24, 2.45) is 0 Å². The standard InChI is InChI=1S/C35H28N4.2C29H23N3O.C29H23N3S/c1-35(2,3)39-33-16-10-9-15-32(33)38-31-20-18-24(22-28(31)36-34(38)39)23-17-19-30-27(21-23)26-13-7-8-14-29(26)37(30)25-11-5-4-6-12-25;1-29(2,3)32-25-13-6-5-12-24(25)31-23-16-15-18(17-22(23)30-28(31)32)19-10-8-11-21-20-9-4-7-14-26(20)33-27(19)21;1-29(2,3)32-25-10-6-5-9-24(25)31-23-14-12-19(17-22(23)30-28(31)32)18-13-15-27-21(16-18)20-8-4-7-11-26(20)33-27;1-29(2,3)32-25-13-6-5-12-24(25)31-23-16-15-18(17-22(23)30-28(31)32)19-10-8-11-21-20-9-4-7-14-26(20)33-27(19)21/h4-22H,1-3H3;3*4-17H,1-3H3. The van der Waals surface area contributed by atoms with Crippen LogP contribution in [0.1, 0.15) is 83.1 Å². The number of para-hydroxylation sites is 13. The molecule has 0 saturated heterocycles. The van der Waals surface area contributed by atoms with Crippen LogP contribution >= 0.6 is 11.3 Å². The van der Waals surface area contributed by atoms with Gasteiger partial charge in [-0.05, 0) is 280 Å². The maximum atomic E-state index is 6.29. The summed E-state index contributed by atoms with van der Waals surface area (Å²) in [4.78, 5) is 20.6. The van der Waals surface area contributed by atoms with E-state index in [4.69, 9.17) is 28.8 Å². The molecule has 0 aliphatic carbocycles. The van der Waals surface area contributed by atoms with Crippen molar-refractivity contribution in [3.05, 3.63) is 370 Å². The molecule has 0 radical (unpaired) electrons. The Morgan fingerprint density at radius 1 is 0.217 bits per heavy atom. The summed E-state index contributed by atoms with van der Waals surface area (Å²) < 4.78 is 35.9. The molecule has 29 rings (SSSR count). The molecule has 0 aliphatic rings. The highest BCUT2D eigenvalue weighted by atomic mass is 32.1. The van der Waals surface area contributed by atoms with E-state index >= 15 is 0 Å². The molecule has 17 aromatic carbocycles. The van der Waals surface area contributed by atoms with Crippen LogP contribution in [0.5, 0.6) is 0 Å². The summed E-state index contributed by atoms with van der Waals surface area (Å²) in [6.45, 7) is 26.8. The van der Waals surface area contributed by atoms with E-state index in [0.717, 1.165) is 133 Å². The second kappa shape index (κ2) is 30.5. The van der Waals surface area contributed by atoms with Crippen LogP contribution in [0, 0.1) is 0 Å². The quantitative estimate of drug-likeness (QED) is 0.169. The monoisotopic (exact) mass is 1810 g/mol. The highest BCUT2D eigenvalue weighted by Gasteiger charge is 2.31. The van der Waals surface area contributed by atoms with Crippen molar-refractivity contribution in [3.8, 4) is 50.2 Å². The van der Waals surface area contributed by atoms with E-state index in [9.17, 15) is 0 Å². The van der Waals surface area contributed by atoms with E-state index in [-0.39, 0.29) is 22.2 Å². The number of aromatic nitrogens is 13. The fourth-order valence-corrected chi connectivity index (χ4v) is 23.1. The van der Waals surface area contributed by atoms with Gasteiger partial charge < -0.3 is 31.7 Å². The smallest absolute Gasteiger partial charge is 0.216 e. The summed E-state index contributed by atoms with van der Waals surface area (Å²) in [5.74, 6) is 3.93. The molecule has 0 bridgehead atoms. The van der Waals surface area contributed by atoms with Crippen LogP contribution in [-0.4, -0.2) is 60.4 Å². The van der Waals surface area contributed by atoms with Gasteiger partial charge in [0.1, 0.15) is 22.3 Å². The van der Waals surface area contributed by atoms with Gasteiger partial charge in [0.05, 0.1) is 99.3 Å². The Hall–Kier alpha value is -16.6. The lowest BCUT2D eigenvalue weighted by molar-refractivity contribution is 0.418. The van der Waals surface area contributed by atoms with Gasteiger partial charge >= 0.3 is 0 Å². The molecule has 0 aliphatic heterocycles. The number of fused-ring (bicyclic) bond motifs is 32. The van der Waals surface area contributed by atoms with Gasteiger partial charge in [-0.2, -0.15) is 0 Å². The van der Waals surface area contributed by atoms with Crippen LogP contribution in [0.3, 0.4) is 0 Å². The van der Waals surface area contributed by atoms with Gasteiger partial charge in [0.15, 0.2) is 0 Å². The van der Waals surface area contributed by atoms with Crippen molar-refractivity contribution in [1.82, 2.24) is 60.4 Å². The molecule has 138 heavy (non-hydrogen) atoms. The first-order valence-electron chi connectivity index (χ1n) is 47.5. The number of hydrogen-bond donors (Lipinski definition) is 0. The lowest BCUT2D eigenvalue weighted by atomic mass is 10.0. The van der Waals surface area contributed by atoms with Crippen LogP contribution in [0.2, 0.25) is 0 Å². The molecule has 29 aromatic rings. The Bertz CT molecular complexity index is 9780. The van der Waals surface area contributed by atoms with Crippen molar-refractivity contribution >= 4 is 209 Å². The SMILES string of the molecule is CC(C)(C)n1c2ccccc2n2c3ccc(-c4ccc5c(c4)c4ccccc4n5-c4ccccc4)cc3nc12.CC(C)(C)n1c2ccccc2n2c3ccc(-c4ccc5oc6ccccc6c5c4)cc3nc12.CC(C)(C)n1c2ccccc2n2c3ccc(-c4cccc5c4oc4ccccc45)cc3nc12.CC(C)(C)n1c2ccccc2n2c3ccc(-c4cccc5c4sc4ccccc45)cc3nc12. The Labute approximate surface area is 797 Å². The number of nitrogens with zero attached hydrogens (tertiary/aromatic N) is 13. The molecule has 0 saturated carbocycles. The molecule has 0 fully saturated rings. The number of imidazole rings is 8. The van der Waals surface area contributed by atoms with Crippen molar-refractivity contribution in [1.29, 1.82) is 0 Å². The normalized spacial score (nSPS) is 12.6. The zero-order chi connectivity index (χ0) is 93.3. The average Bonchev–Trinajstić information content (AvgIpc) is 1.56. The lowest BCUT2D eigenvalue weighted by Crippen LogP contribution is -2.21. The molecule has 0 spiro atoms. The van der Waals surface area contributed by atoms with E-state index < -0.39 is 0 Å². The minimum absolute atomic E-state index is 0.0722. The molecular formula is C122H97N13O2S. The number of rotatable bonds is 5. The Morgan fingerprint density at radius 3 is 1.01 bits per heavy atom. The molecule has 0 N–H and O–H groups in total. The Kier molecular flexibility index (Phi) is 18.1. The first-order valence-corrected chi connectivity index (χ1v) is 48.3. The van der Waals surface area contributed by atoms with Crippen molar-refractivity contribution in [2.75, 3.05) is 0 Å². The predicted octanol–water partition coefficient (Wildman–Crippen LogP) is 32.7. The largest absolute Gasteiger partial charge is 0.456 e. The summed E-state index contributed by atoms with van der Waals surface area (Å²) >= 11 is 1.87. The minimum Gasteiger partial charge on any atom is -0.456 e. The topological polar surface area (TPSA) is 120 Å². The molecule has 12 heterocycles. The van der Waals surface area contributed by atoms with E-state index in [0.29, 0.717) is 0 Å². The van der Waals surface area contributed by atoms with E-state index in [1.54, 1.807) is 0 Å². The van der Waals surface area contributed by atoms with Crippen molar-refractivity contribution < 1.29 is 8.83 Å². The second-order valence-corrected chi connectivity index (χ2v) is 41.6. The predicted molar refractivity (Wildman–Crippen MR) is 576 cm³/mol. The fraction of sp³-hybridized carbons (Fsp3) is 0.131. The third-order valence-electron chi connectivity index (χ3n) is 27.6. The van der Waals surface area contributed by atoms with Gasteiger partial charge in [-0.1, -0.05) is 212 Å². The zero-order valence-corrected chi connectivity index (χ0v) is 79.6. The number of thiophene rings is 1. The van der Waals surface area contributed by atoms with Crippen LogP contribution < -0.4 is 0 Å². The molecule has 12 aromatic heterocycles. The van der Waals surface area contributed by atoms with Crippen LogP contribution in [0.25, 0.3) is 247 Å². The maximum absolute atomic E-state index is 6.29. The van der Waals surface area contributed by atoms with E-state index in [1.807, 2.05) is 35.6 Å². The van der Waals surface area contributed by atoms with Gasteiger partial charge in [0.2, 0.25) is 23.1 Å². The fourth-order valence-electron chi connectivity index (χ4n) is 21.8. The summed E-state index contributed by atoms with van der Waals surface area (Å²) in [5.41, 5.74) is 34.5. The zero-order valence-electron chi connectivity index (χ0n) is 78.8. The summed E-state index contributed by atoms with van der Waals surface area (Å²) in [6.07, 6.45) is 0. The van der Waals surface area contributed by atoms with Gasteiger partial charge in [0, 0.05) is 85.9 Å². The first-order chi connectivity index (χ1) is 67.0. The van der Waals surface area contributed by atoms with Crippen molar-refractivity contribution in [2.45, 2.75) is 105 Å². The third-order valence-corrected chi connectivity index (χ3v) is 28.9. The second-order valence-electron chi connectivity index (χ2n) is 40.6. The number of furan rings is 2. The van der Waals surface area contributed by atoms with E-state index in [2.05, 4.69) is 469 Å². The molecule has 668 valence electrons. The van der Waals surface area contributed by atoms with E-state index in [1.165, 1.54) is 114 Å². The molecule has 16 heteroatoms. The Morgan fingerprint density at radius 2 is 0.536 bits per heavy atom. The molecule has 0 unspecified atom stereocenters. The average molecular weight is 1810 g/mol. The van der Waals surface area contributed by atoms with Gasteiger partial charge in [-0.3, -0.25) is 17.6 Å². The summed E-state index contributed by atoms with van der Waals surface area (Å²) in [6, 6.07) is 132. The number of hydrogen-bond acceptors (Lipinski definition) is 7. The number of benzene rings is 17.